The number of hydrogen-bond acceptors (Lipinski definition) is 4. The zero-order chi connectivity index (χ0) is 21.3. The summed E-state index contributed by atoms with van der Waals surface area (Å²) in [6, 6.07) is 22.5. The normalized spacial score (nSPS) is 10.3. The molecule has 164 valence electrons. The molecular formula is C25H28ClNO4. The van der Waals surface area contributed by atoms with Gasteiger partial charge in [0.15, 0.2) is 0 Å². The van der Waals surface area contributed by atoms with E-state index in [-0.39, 0.29) is 18.0 Å². The summed E-state index contributed by atoms with van der Waals surface area (Å²) < 4.78 is 11.5. The lowest BCUT2D eigenvalue weighted by molar-refractivity contribution is 0.0697. The molecule has 0 amide bonds. The van der Waals surface area contributed by atoms with Gasteiger partial charge in [0.05, 0.1) is 12.2 Å². The number of rotatable bonds is 10. The quantitative estimate of drug-likeness (QED) is 0.347. The molecule has 6 heteroatoms. The minimum Gasteiger partial charge on any atom is -0.494 e. The molecule has 5 nitrogen and oxygen atoms in total. The van der Waals surface area contributed by atoms with Crippen LogP contribution in [0.5, 0.6) is 17.2 Å². The van der Waals surface area contributed by atoms with Crippen LogP contribution < -0.4 is 14.8 Å². The number of carboxylic acids is 1. The van der Waals surface area contributed by atoms with Crippen molar-refractivity contribution >= 4 is 24.1 Å². The number of carboxylic acid groups (broad SMARTS) is 1. The molecule has 0 aliphatic rings. The molecule has 0 spiro atoms. The van der Waals surface area contributed by atoms with Crippen molar-refractivity contribution in [2.75, 3.05) is 18.5 Å². The van der Waals surface area contributed by atoms with E-state index < -0.39 is 5.97 Å². The zero-order valence-electron chi connectivity index (χ0n) is 17.7. The van der Waals surface area contributed by atoms with Gasteiger partial charge >= 0.3 is 5.97 Å². The summed E-state index contributed by atoms with van der Waals surface area (Å²) in [4.78, 5) is 10.8. The van der Waals surface area contributed by atoms with Gasteiger partial charge < -0.3 is 19.9 Å². The SMILES string of the molecule is CC(C)c1ccc(Oc2ccc(NCCCOc3ccc(C(=O)O)cc3)cc2)cc1.Cl. The van der Waals surface area contributed by atoms with Crippen molar-refractivity contribution in [3.63, 3.8) is 0 Å². The maximum atomic E-state index is 10.8. The Morgan fingerprint density at radius 3 is 1.97 bits per heavy atom. The molecule has 2 N–H and O–H groups in total. The summed E-state index contributed by atoms with van der Waals surface area (Å²) >= 11 is 0. The van der Waals surface area contributed by atoms with E-state index >= 15 is 0 Å². The second kappa shape index (κ2) is 11.9. The van der Waals surface area contributed by atoms with Crippen molar-refractivity contribution in [2.45, 2.75) is 26.2 Å². The van der Waals surface area contributed by atoms with E-state index in [9.17, 15) is 4.79 Å². The molecule has 0 fully saturated rings. The molecule has 0 unspecified atom stereocenters. The fourth-order valence-electron chi connectivity index (χ4n) is 2.89. The topological polar surface area (TPSA) is 67.8 Å². The van der Waals surface area contributed by atoms with Gasteiger partial charge in [0.25, 0.3) is 0 Å². The van der Waals surface area contributed by atoms with Crippen LogP contribution in [0.3, 0.4) is 0 Å². The second-order valence-corrected chi connectivity index (χ2v) is 7.31. The number of aromatic carboxylic acids is 1. The molecule has 0 aromatic heterocycles. The highest BCUT2D eigenvalue weighted by atomic mass is 35.5. The third-order valence-electron chi connectivity index (χ3n) is 4.66. The fraction of sp³-hybridized carbons (Fsp3) is 0.240. The van der Waals surface area contributed by atoms with Crippen molar-refractivity contribution in [3.8, 4) is 17.2 Å². The smallest absolute Gasteiger partial charge is 0.335 e. The predicted molar refractivity (Wildman–Crippen MR) is 126 cm³/mol. The number of carbonyl (C=O) groups is 1. The van der Waals surface area contributed by atoms with E-state index in [1.807, 2.05) is 36.4 Å². The third-order valence-corrected chi connectivity index (χ3v) is 4.66. The Kier molecular flexibility index (Phi) is 9.22. The lowest BCUT2D eigenvalue weighted by atomic mass is 10.0. The fourth-order valence-corrected chi connectivity index (χ4v) is 2.89. The number of benzene rings is 3. The molecule has 3 rings (SSSR count). The summed E-state index contributed by atoms with van der Waals surface area (Å²) in [6.45, 7) is 5.66. The highest BCUT2D eigenvalue weighted by Crippen LogP contribution is 2.25. The number of nitrogens with one attached hydrogen (secondary N) is 1. The van der Waals surface area contributed by atoms with Crippen LogP contribution in [-0.4, -0.2) is 24.2 Å². The first-order chi connectivity index (χ1) is 14.5. The average molecular weight is 442 g/mol. The Morgan fingerprint density at radius 2 is 1.42 bits per heavy atom. The van der Waals surface area contributed by atoms with E-state index in [1.54, 1.807) is 12.1 Å². The minimum absolute atomic E-state index is 0. The highest BCUT2D eigenvalue weighted by molar-refractivity contribution is 5.87. The lowest BCUT2D eigenvalue weighted by Gasteiger charge is -2.11. The van der Waals surface area contributed by atoms with E-state index in [1.165, 1.54) is 17.7 Å². The van der Waals surface area contributed by atoms with E-state index in [2.05, 4.69) is 31.3 Å². The van der Waals surface area contributed by atoms with Gasteiger partial charge in [-0.25, -0.2) is 4.79 Å². The minimum atomic E-state index is -0.939. The summed E-state index contributed by atoms with van der Waals surface area (Å²) in [7, 11) is 0. The van der Waals surface area contributed by atoms with Crippen LogP contribution in [0.2, 0.25) is 0 Å². The van der Waals surface area contributed by atoms with E-state index in [0.717, 1.165) is 30.2 Å². The molecule has 31 heavy (non-hydrogen) atoms. The van der Waals surface area contributed by atoms with Gasteiger partial charge in [0.2, 0.25) is 0 Å². The number of hydrogen-bond donors (Lipinski definition) is 2. The Bertz CT molecular complexity index is 939. The number of ether oxygens (including phenoxy) is 2. The Hall–Kier alpha value is -3.18. The molecule has 0 saturated carbocycles. The molecule has 0 bridgehead atoms. The third kappa shape index (κ3) is 7.54. The molecular weight excluding hydrogens is 414 g/mol. The van der Waals surface area contributed by atoms with Gasteiger partial charge in [-0.2, -0.15) is 0 Å². The van der Waals surface area contributed by atoms with Gasteiger partial charge in [0.1, 0.15) is 17.2 Å². The lowest BCUT2D eigenvalue weighted by Crippen LogP contribution is -2.07. The summed E-state index contributed by atoms with van der Waals surface area (Å²) in [5.74, 6) is 1.86. The Morgan fingerprint density at radius 1 is 0.871 bits per heavy atom. The molecule has 0 radical (unpaired) electrons. The first kappa shape index (κ1) is 24.1. The zero-order valence-corrected chi connectivity index (χ0v) is 18.5. The molecule has 3 aromatic rings. The average Bonchev–Trinajstić information content (AvgIpc) is 2.75. The molecule has 0 saturated heterocycles. The van der Waals surface area contributed by atoms with Gasteiger partial charge in [-0.3, -0.25) is 0 Å². The second-order valence-electron chi connectivity index (χ2n) is 7.31. The van der Waals surface area contributed by atoms with Crippen molar-refractivity contribution in [2.24, 2.45) is 0 Å². The highest BCUT2D eigenvalue weighted by Gasteiger charge is 2.03. The molecule has 3 aromatic carbocycles. The van der Waals surface area contributed by atoms with Crippen LogP contribution in [0.1, 0.15) is 42.1 Å². The van der Waals surface area contributed by atoms with E-state index in [4.69, 9.17) is 14.6 Å². The predicted octanol–water partition coefficient (Wildman–Crippen LogP) is 6.60. The number of anilines is 1. The first-order valence-corrected chi connectivity index (χ1v) is 10.1. The molecule has 0 aliphatic heterocycles. The van der Waals surface area contributed by atoms with Crippen molar-refractivity contribution in [1.29, 1.82) is 0 Å². The largest absolute Gasteiger partial charge is 0.494 e. The van der Waals surface area contributed by atoms with Crippen LogP contribution in [0.4, 0.5) is 5.69 Å². The van der Waals surface area contributed by atoms with Crippen molar-refractivity contribution in [3.05, 3.63) is 83.9 Å². The molecule has 0 atom stereocenters. The summed E-state index contributed by atoms with van der Waals surface area (Å²) in [6.07, 6.45) is 0.821. The van der Waals surface area contributed by atoms with Crippen LogP contribution in [0.15, 0.2) is 72.8 Å². The summed E-state index contributed by atoms with van der Waals surface area (Å²) in [5.41, 5.74) is 2.57. The summed E-state index contributed by atoms with van der Waals surface area (Å²) in [5, 5.41) is 12.2. The standard InChI is InChI=1S/C25H27NO4.ClH/c1-18(2)19-4-12-23(13-5-19)30-24-14-8-21(9-15-24)26-16-3-17-29-22-10-6-20(7-11-22)25(27)28;/h4-15,18,26H,3,16-17H2,1-2H3,(H,27,28);1H. The maximum absolute atomic E-state index is 10.8. The van der Waals surface area contributed by atoms with Crippen LogP contribution in [0, 0.1) is 0 Å². The van der Waals surface area contributed by atoms with Gasteiger partial charge in [-0.1, -0.05) is 26.0 Å². The van der Waals surface area contributed by atoms with Crippen LogP contribution >= 0.6 is 12.4 Å². The Balaban J connectivity index is 0.00000341. The van der Waals surface area contributed by atoms with Gasteiger partial charge in [-0.05, 0) is 78.6 Å². The van der Waals surface area contributed by atoms with Crippen LogP contribution in [-0.2, 0) is 0 Å². The maximum Gasteiger partial charge on any atom is 0.335 e. The monoisotopic (exact) mass is 441 g/mol. The van der Waals surface area contributed by atoms with E-state index in [0.29, 0.717) is 18.3 Å². The van der Waals surface area contributed by atoms with Crippen molar-refractivity contribution < 1.29 is 19.4 Å². The molecule has 0 aliphatic carbocycles. The van der Waals surface area contributed by atoms with Gasteiger partial charge in [0, 0.05) is 12.2 Å². The van der Waals surface area contributed by atoms with Crippen molar-refractivity contribution in [1.82, 2.24) is 0 Å². The number of halogens is 1. The van der Waals surface area contributed by atoms with Gasteiger partial charge in [-0.15, -0.1) is 12.4 Å². The van der Waals surface area contributed by atoms with Crippen LogP contribution in [0.25, 0.3) is 0 Å². The molecule has 0 heterocycles. The first-order valence-electron chi connectivity index (χ1n) is 10.1. The Labute approximate surface area is 189 Å².